The highest BCUT2D eigenvalue weighted by atomic mass is 16.5. The van der Waals surface area contributed by atoms with Crippen LogP contribution in [-0.2, 0) is 9.53 Å². The summed E-state index contributed by atoms with van der Waals surface area (Å²) in [4.78, 5) is 14.3. The number of rotatable bonds is 6. The van der Waals surface area contributed by atoms with Crippen molar-refractivity contribution in [1.82, 2.24) is 4.90 Å². The molecule has 2 unspecified atom stereocenters. The van der Waals surface area contributed by atoms with Crippen molar-refractivity contribution in [2.45, 2.75) is 58.9 Å². The van der Waals surface area contributed by atoms with Gasteiger partial charge in [-0.1, -0.05) is 20.8 Å². The lowest BCUT2D eigenvalue weighted by atomic mass is 9.89. The SMILES string of the molecule is CCOC(=O)CC1(N(CC)CC)CCC(C)C1. The molecule has 2 atom stereocenters. The predicted octanol–water partition coefficient (Wildman–Crippen LogP) is 2.84. The Labute approximate surface area is 106 Å². The summed E-state index contributed by atoms with van der Waals surface area (Å²) in [7, 11) is 0. The minimum atomic E-state index is -0.0338. The van der Waals surface area contributed by atoms with E-state index in [1.807, 2.05) is 6.92 Å². The summed E-state index contributed by atoms with van der Waals surface area (Å²) in [5, 5.41) is 0. The van der Waals surface area contributed by atoms with Gasteiger partial charge in [0, 0.05) is 5.54 Å². The van der Waals surface area contributed by atoms with E-state index in [0.717, 1.165) is 31.8 Å². The fraction of sp³-hybridized carbons (Fsp3) is 0.929. The Kier molecular flexibility index (Phi) is 5.44. The smallest absolute Gasteiger partial charge is 0.307 e. The minimum absolute atomic E-state index is 0.0338. The molecular formula is C14H27NO2. The fourth-order valence-corrected chi connectivity index (χ4v) is 3.30. The maximum atomic E-state index is 11.8. The van der Waals surface area contributed by atoms with Gasteiger partial charge in [0.2, 0.25) is 0 Å². The van der Waals surface area contributed by atoms with Crippen molar-refractivity contribution in [1.29, 1.82) is 0 Å². The molecule has 0 saturated heterocycles. The molecule has 1 fully saturated rings. The van der Waals surface area contributed by atoms with Crippen molar-refractivity contribution in [3.05, 3.63) is 0 Å². The zero-order chi connectivity index (χ0) is 12.9. The van der Waals surface area contributed by atoms with Crippen molar-refractivity contribution in [2.75, 3.05) is 19.7 Å². The first-order valence-electron chi connectivity index (χ1n) is 6.98. The molecule has 3 heteroatoms. The maximum absolute atomic E-state index is 11.8. The third kappa shape index (κ3) is 3.44. The quantitative estimate of drug-likeness (QED) is 0.670. The van der Waals surface area contributed by atoms with Gasteiger partial charge in [0.15, 0.2) is 0 Å². The van der Waals surface area contributed by atoms with Gasteiger partial charge in [-0.15, -0.1) is 0 Å². The molecule has 0 aromatic carbocycles. The highest BCUT2D eigenvalue weighted by Gasteiger charge is 2.43. The fourth-order valence-electron chi connectivity index (χ4n) is 3.30. The molecule has 0 bridgehead atoms. The van der Waals surface area contributed by atoms with Crippen LogP contribution in [0.3, 0.4) is 0 Å². The Bertz CT molecular complexity index is 251. The molecule has 0 radical (unpaired) electrons. The standard InChI is InChI=1S/C14H27NO2/c1-5-15(6-2)14(9-8-12(4)10-14)11-13(16)17-7-3/h12H,5-11H2,1-4H3. The van der Waals surface area contributed by atoms with Crippen LogP contribution in [0.1, 0.15) is 53.4 Å². The number of carbonyl (C=O) groups is 1. The lowest BCUT2D eigenvalue weighted by molar-refractivity contribution is -0.146. The molecule has 0 aliphatic heterocycles. The molecule has 0 spiro atoms. The Morgan fingerprint density at radius 1 is 1.35 bits per heavy atom. The summed E-state index contributed by atoms with van der Waals surface area (Å²) in [5.74, 6) is 0.693. The summed E-state index contributed by atoms with van der Waals surface area (Å²) < 4.78 is 5.14. The molecule has 0 amide bonds. The van der Waals surface area contributed by atoms with Gasteiger partial charge >= 0.3 is 5.97 Å². The molecule has 17 heavy (non-hydrogen) atoms. The second kappa shape index (κ2) is 6.39. The van der Waals surface area contributed by atoms with Gasteiger partial charge in [0.1, 0.15) is 0 Å². The van der Waals surface area contributed by atoms with E-state index in [-0.39, 0.29) is 11.5 Å². The van der Waals surface area contributed by atoms with E-state index in [9.17, 15) is 4.79 Å². The lowest BCUT2D eigenvalue weighted by Gasteiger charge is -2.40. The van der Waals surface area contributed by atoms with Crippen LogP contribution in [0, 0.1) is 5.92 Å². The first-order valence-corrected chi connectivity index (χ1v) is 6.98. The lowest BCUT2D eigenvalue weighted by Crippen LogP contribution is -2.48. The second-order valence-electron chi connectivity index (χ2n) is 5.23. The summed E-state index contributed by atoms with van der Waals surface area (Å²) >= 11 is 0. The topological polar surface area (TPSA) is 29.5 Å². The van der Waals surface area contributed by atoms with Crippen molar-refractivity contribution >= 4 is 5.97 Å². The minimum Gasteiger partial charge on any atom is -0.466 e. The average molecular weight is 241 g/mol. The molecule has 0 N–H and O–H groups in total. The number of esters is 1. The van der Waals surface area contributed by atoms with E-state index in [4.69, 9.17) is 4.74 Å². The van der Waals surface area contributed by atoms with Crippen molar-refractivity contribution < 1.29 is 9.53 Å². The monoisotopic (exact) mass is 241 g/mol. The van der Waals surface area contributed by atoms with E-state index in [2.05, 4.69) is 25.7 Å². The largest absolute Gasteiger partial charge is 0.466 e. The van der Waals surface area contributed by atoms with Crippen molar-refractivity contribution in [3.63, 3.8) is 0 Å². The molecule has 0 aromatic heterocycles. The van der Waals surface area contributed by atoms with Crippen LogP contribution < -0.4 is 0 Å². The van der Waals surface area contributed by atoms with Crippen LogP contribution in [0.25, 0.3) is 0 Å². The van der Waals surface area contributed by atoms with E-state index in [0.29, 0.717) is 13.0 Å². The zero-order valence-corrected chi connectivity index (χ0v) is 11.8. The van der Waals surface area contributed by atoms with E-state index >= 15 is 0 Å². The van der Waals surface area contributed by atoms with Gasteiger partial charge in [-0.25, -0.2) is 0 Å². The Balaban J connectivity index is 2.76. The number of ether oxygens (including phenoxy) is 1. The molecule has 1 rings (SSSR count). The van der Waals surface area contributed by atoms with Gasteiger partial charge in [-0.05, 0) is 45.2 Å². The summed E-state index contributed by atoms with van der Waals surface area (Å²) in [6, 6.07) is 0. The predicted molar refractivity (Wildman–Crippen MR) is 69.9 cm³/mol. The average Bonchev–Trinajstić information content (AvgIpc) is 2.62. The first-order chi connectivity index (χ1) is 8.07. The highest BCUT2D eigenvalue weighted by Crippen LogP contribution is 2.41. The summed E-state index contributed by atoms with van der Waals surface area (Å²) in [6.07, 6.45) is 4.06. The van der Waals surface area contributed by atoms with E-state index < -0.39 is 0 Å². The van der Waals surface area contributed by atoms with Gasteiger partial charge < -0.3 is 4.74 Å². The van der Waals surface area contributed by atoms with Crippen LogP contribution in [0.2, 0.25) is 0 Å². The normalized spacial score (nSPS) is 28.6. The number of nitrogens with zero attached hydrogens (tertiary/aromatic N) is 1. The molecular weight excluding hydrogens is 214 g/mol. The third-order valence-corrected chi connectivity index (χ3v) is 4.04. The molecule has 3 nitrogen and oxygen atoms in total. The van der Waals surface area contributed by atoms with Crippen LogP contribution in [0.4, 0.5) is 0 Å². The van der Waals surface area contributed by atoms with E-state index in [1.165, 1.54) is 6.42 Å². The first kappa shape index (κ1) is 14.5. The van der Waals surface area contributed by atoms with Crippen LogP contribution in [-0.4, -0.2) is 36.1 Å². The molecule has 100 valence electrons. The number of hydrogen-bond acceptors (Lipinski definition) is 3. The molecule has 0 aromatic rings. The van der Waals surface area contributed by atoms with Crippen LogP contribution in [0.5, 0.6) is 0 Å². The van der Waals surface area contributed by atoms with E-state index in [1.54, 1.807) is 0 Å². The second-order valence-corrected chi connectivity index (χ2v) is 5.23. The Hall–Kier alpha value is -0.570. The van der Waals surface area contributed by atoms with Crippen LogP contribution >= 0.6 is 0 Å². The molecule has 0 heterocycles. The van der Waals surface area contributed by atoms with Crippen LogP contribution in [0.15, 0.2) is 0 Å². The van der Waals surface area contributed by atoms with Gasteiger partial charge in [-0.2, -0.15) is 0 Å². The molecule has 1 aliphatic rings. The highest BCUT2D eigenvalue weighted by molar-refractivity contribution is 5.71. The summed E-state index contributed by atoms with van der Waals surface area (Å²) in [6.45, 7) is 11.0. The van der Waals surface area contributed by atoms with Crippen molar-refractivity contribution in [3.8, 4) is 0 Å². The number of carbonyl (C=O) groups excluding carboxylic acids is 1. The van der Waals surface area contributed by atoms with Crippen molar-refractivity contribution in [2.24, 2.45) is 5.92 Å². The van der Waals surface area contributed by atoms with Gasteiger partial charge in [-0.3, -0.25) is 9.69 Å². The zero-order valence-electron chi connectivity index (χ0n) is 11.8. The van der Waals surface area contributed by atoms with Gasteiger partial charge in [0.05, 0.1) is 13.0 Å². The Morgan fingerprint density at radius 2 is 2.00 bits per heavy atom. The molecule has 1 saturated carbocycles. The summed E-state index contributed by atoms with van der Waals surface area (Å²) in [5.41, 5.74) is 0.0647. The number of hydrogen-bond donors (Lipinski definition) is 0. The molecule has 1 aliphatic carbocycles. The Morgan fingerprint density at radius 3 is 2.41 bits per heavy atom. The van der Waals surface area contributed by atoms with Gasteiger partial charge in [0.25, 0.3) is 0 Å². The third-order valence-electron chi connectivity index (χ3n) is 4.04. The maximum Gasteiger partial charge on any atom is 0.307 e.